The van der Waals surface area contributed by atoms with E-state index in [1.807, 2.05) is 0 Å². The maximum absolute atomic E-state index is 14.0. The van der Waals surface area contributed by atoms with Crippen LogP contribution in [0.5, 0.6) is 5.75 Å². The molecule has 0 saturated carbocycles. The van der Waals surface area contributed by atoms with Crippen molar-refractivity contribution < 1.29 is 23.8 Å². The van der Waals surface area contributed by atoms with Crippen LogP contribution in [0.2, 0.25) is 5.02 Å². The molecule has 0 aromatic heterocycles. The first kappa shape index (κ1) is 15.6. The number of carbonyl (C=O) groups is 2. The van der Waals surface area contributed by atoms with Gasteiger partial charge >= 0.3 is 5.97 Å². The molecule has 0 fully saturated rings. The van der Waals surface area contributed by atoms with Gasteiger partial charge in [-0.1, -0.05) is 18.5 Å². The lowest BCUT2D eigenvalue weighted by Gasteiger charge is -2.16. The number of methoxy groups -OCH3 is 1. The van der Waals surface area contributed by atoms with Crippen molar-refractivity contribution in [3.05, 3.63) is 28.0 Å². The van der Waals surface area contributed by atoms with Crippen molar-refractivity contribution >= 4 is 23.5 Å². The van der Waals surface area contributed by atoms with E-state index >= 15 is 0 Å². The molecule has 1 amide bonds. The fourth-order valence-electron chi connectivity index (χ4n) is 2.27. The van der Waals surface area contributed by atoms with E-state index in [1.165, 1.54) is 25.0 Å². The predicted molar refractivity (Wildman–Crippen MR) is 73.6 cm³/mol. The molecule has 1 N–H and O–H groups in total. The minimum atomic E-state index is -1.04. The molecule has 0 unspecified atom stereocenters. The van der Waals surface area contributed by atoms with Crippen molar-refractivity contribution in [3.8, 4) is 5.75 Å². The molecule has 0 aliphatic carbocycles. The number of carboxylic acid groups (broad SMARTS) is 1. The number of amides is 1. The van der Waals surface area contributed by atoms with Gasteiger partial charge in [-0.15, -0.1) is 0 Å². The van der Waals surface area contributed by atoms with E-state index in [9.17, 15) is 14.0 Å². The number of carbonyl (C=O) groups excluding carboxylic acids is 1. The zero-order chi connectivity index (χ0) is 15.7. The van der Waals surface area contributed by atoms with Gasteiger partial charge < -0.3 is 14.7 Å². The van der Waals surface area contributed by atoms with Gasteiger partial charge in [-0.25, -0.2) is 4.39 Å². The quantitative estimate of drug-likeness (QED) is 0.926. The second kappa shape index (κ2) is 5.89. The van der Waals surface area contributed by atoms with Crippen LogP contribution >= 0.6 is 11.6 Å². The molecule has 1 aliphatic rings. The highest BCUT2D eigenvalue weighted by Crippen LogP contribution is 2.38. The Morgan fingerprint density at radius 2 is 2.10 bits per heavy atom. The Kier molecular flexibility index (Phi) is 4.37. The Labute approximate surface area is 126 Å². The van der Waals surface area contributed by atoms with Crippen LogP contribution in [0.3, 0.4) is 0 Å². The van der Waals surface area contributed by atoms with E-state index in [0.717, 1.165) is 0 Å². The van der Waals surface area contributed by atoms with Crippen LogP contribution in [0.15, 0.2) is 6.07 Å². The van der Waals surface area contributed by atoms with Crippen LogP contribution in [0, 0.1) is 11.7 Å². The van der Waals surface area contributed by atoms with Crippen LogP contribution in [0.4, 0.5) is 4.39 Å². The maximum Gasteiger partial charge on any atom is 0.306 e. The van der Waals surface area contributed by atoms with Gasteiger partial charge in [-0.3, -0.25) is 9.59 Å². The molecule has 0 spiro atoms. The summed E-state index contributed by atoms with van der Waals surface area (Å²) in [5, 5.41) is 9.12. The third kappa shape index (κ3) is 2.95. The third-order valence-corrected chi connectivity index (χ3v) is 3.98. The minimum Gasteiger partial charge on any atom is -0.495 e. The van der Waals surface area contributed by atoms with Gasteiger partial charge in [0.15, 0.2) is 0 Å². The van der Waals surface area contributed by atoms with Gasteiger partial charge in [-0.2, -0.15) is 0 Å². The molecule has 114 valence electrons. The number of nitrogens with zero attached hydrogens (tertiary/aromatic N) is 1. The highest BCUT2D eigenvalue weighted by Gasteiger charge is 2.31. The zero-order valence-electron chi connectivity index (χ0n) is 11.7. The van der Waals surface area contributed by atoms with E-state index in [0.29, 0.717) is 11.1 Å². The van der Waals surface area contributed by atoms with Crippen molar-refractivity contribution in [3.63, 3.8) is 0 Å². The lowest BCUT2D eigenvalue weighted by molar-refractivity contribution is -0.145. The molecule has 1 aliphatic heterocycles. The van der Waals surface area contributed by atoms with Crippen LogP contribution < -0.4 is 4.74 Å². The lowest BCUT2D eigenvalue weighted by Crippen LogP contribution is -2.28. The number of carboxylic acids is 1. The number of hydrogen-bond acceptors (Lipinski definition) is 3. The van der Waals surface area contributed by atoms with E-state index in [1.54, 1.807) is 0 Å². The van der Waals surface area contributed by atoms with Gasteiger partial charge in [0, 0.05) is 36.7 Å². The van der Waals surface area contributed by atoms with Crippen molar-refractivity contribution in [2.24, 2.45) is 5.92 Å². The molecule has 21 heavy (non-hydrogen) atoms. The van der Waals surface area contributed by atoms with E-state index < -0.39 is 17.7 Å². The van der Waals surface area contributed by atoms with E-state index in [4.69, 9.17) is 21.4 Å². The number of benzene rings is 1. The molecule has 0 radical (unpaired) electrons. The monoisotopic (exact) mass is 315 g/mol. The largest absolute Gasteiger partial charge is 0.495 e. The summed E-state index contributed by atoms with van der Waals surface area (Å²) in [4.78, 5) is 24.3. The van der Waals surface area contributed by atoms with Gasteiger partial charge in [0.05, 0.1) is 18.1 Å². The fourth-order valence-corrected chi connectivity index (χ4v) is 2.57. The number of rotatable bonds is 4. The topological polar surface area (TPSA) is 66.8 Å². The van der Waals surface area contributed by atoms with Gasteiger partial charge in [0.1, 0.15) is 11.6 Å². The Balaban J connectivity index is 2.20. The zero-order valence-corrected chi connectivity index (χ0v) is 12.4. The summed E-state index contributed by atoms with van der Waals surface area (Å²) in [5.41, 5.74) is 0.877. The Morgan fingerprint density at radius 1 is 1.48 bits per heavy atom. The summed E-state index contributed by atoms with van der Waals surface area (Å²) >= 11 is 6.13. The van der Waals surface area contributed by atoms with Gasteiger partial charge in [0.25, 0.3) is 0 Å². The summed E-state index contributed by atoms with van der Waals surface area (Å²) in [6.45, 7) is 1.71. The molecule has 1 atom stereocenters. The molecule has 0 bridgehead atoms. The predicted octanol–water partition coefficient (Wildman–Crippen LogP) is 2.44. The van der Waals surface area contributed by atoms with Crippen molar-refractivity contribution in [2.45, 2.75) is 26.4 Å². The highest BCUT2D eigenvalue weighted by molar-refractivity contribution is 6.33. The molecule has 2 rings (SSSR count). The highest BCUT2D eigenvalue weighted by atomic mass is 35.5. The van der Waals surface area contributed by atoms with Crippen LogP contribution in [0.25, 0.3) is 0 Å². The van der Waals surface area contributed by atoms with Crippen molar-refractivity contribution in [1.29, 1.82) is 0 Å². The number of hydrogen-bond donors (Lipinski definition) is 1. The smallest absolute Gasteiger partial charge is 0.306 e. The molecule has 0 saturated heterocycles. The molecule has 5 nitrogen and oxygen atoms in total. The summed E-state index contributed by atoms with van der Waals surface area (Å²) in [7, 11) is 1.39. The first-order valence-electron chi connectivity index (χ1n) is 6.39. The Hall–Kier alpha value is -1.82. The summed E-state index contributed by atoms with van der Waals surface area (Å²) in [6.07, 6.45) is -0.125. The molecule has 7 heteroatoms. The van der Waals surface area contributed by atoms with Crippen LogP contribution in [-0.4, -0.2) is 29.0 Å². The molecule has 1 aromatic carbocycles. The number of fused-ring (bicyclic) bond motifs is 1. The van der Waals surface area contributed by atoms with Crippen LogP contribution in [-0.2, 0) is 22.7 Å². The first-order chi connectivity index (χ1) is 9.85. The molecule has 1 heterocycles. The SMILES string of the molecule is COc1cc(F)c2c(c1Cl)CN(C(=O)C[C@H](C)C(=O)O)C2. The minimum absolute atomic E-state index is 0.0933. The first-order valence-corrected chi connectivity index (χ1v) is 6.77. The third-order valence-electron chi connectivity index (χ3n) is 3.56. The summed E-state index contributed by atoms with van der Waals surface area (Å²) < 4.78 is 19.0. The fraction of sp³-hybridized carbons (Fsp3) is 0.429. The Bertz CT molecular complexity index is 605. The maximum atomic E-state index is 14.0. The van der Waals surface area contributed by atoms with E-state index in [2.05, 4.69) is 0 Å². The summed E-state index contributed by atoms with van der Waals surface area (Å²) in [6, 6.07) is 1.19. The Morgan fingerprint density at radius 3 is 2.67 bits per heavy atom. The standard InChI is InChI=1S/C14H15ClFNO4/c1-7(14(19)20)3-12(18)17-5-8-9(6-17)13(15)11(21-2)4-10(8)16/h4,7H,3,5-6H2,1-2H3,(H,19,20)/t7-/m0/s1. The average Bonchev–Trinajstić information content (AvgIpc) is 2.88. The number of aliphatic carboxylic acids is 1. The number of halogens is 2. The number of ether oxygens (including phenoxy) is 1. The average molecular weight is 316 g/mol. The van der Waals surface area contributed by atoms with Gasteiger partial charge in [-0.05, 0) is 0 Å². The normalized spacial score (nSPS) is 14.8. The second-order valence-electron chi connectivity index (χ2n) is 5.02. The van der Waals surface area contributed by atoms with Gasteiger partial charge in [0.2, 0.25) is 5.91 Å². The summed E-state index contributed by atoms with van der Waals surface area (Å²) in [5.74, 6) is -2.41. The molecular formula is C14H15ClFNO4. The van der Waals surface area contributed by atoms with E-state index in [-0.39, 0.29) is 36.2 Å². The molecular weight excluding hydrogens is 301 g/mol. The molecule has 1 aromatic rings. The second-order valence-corrected chi connectivity index (χ2v) is 5.40. The van der Waals surface area contributed by atoms with Crippen LogP contribution in [0.1, 0.15) is 24.5 Å². The van der Waals surface area contributed by atoms with Crippen molar-refractivity contribution in [1.82, 2.24) is 4.90 Å². The van der Waals surface area contributed by atoms with Crippen molar-refractivity contribution in [2.75, 3.05) is 7.11 Å². The lowest BCUT2D eigenvalue weighted by atomic mass is 10.1.